The van der Waals surface area contributed by atoms with E-state index in [2.05, 4.69) is 9.62 Å². The van der Waals surface area contributed by atoms with Crippen molar-refractivity contribution in [2.75, 3.05) is 6.54 Å². The van der Waals surface area contributed by atoms with Crippen molar-refractivity contribution in [2.24, 2.45) is 5.92 Å². The normalized spacial score (nSPS) is 19.3. The number of hydrogen-bond acceptors (Lipinski definition) is 7. The molecule has 2 N–H and O–H groups in total. The molecule has 0 bridgehead atoms. The highest BCUT2D eigenvalue weighted by molar-refractivity contribution is 7.83. The van der Waals surface area contributed by atoms with Gasteiger partial charge in [-0.2, -0.15) is 13.1 Å². The first-order valence-electron chi connectivity index (χ1n) is 12.7. The molecule has 2 saturated carbocycles. The molecule has 2 aromatic rings. The number of Topliss-reactive ketones (excluding diaryl/α,β-unsaturated/α-hetero) is 1. The topological polar surface area (TPSA) is 113 Å². The van der Waals surface area contributed by atoms with Crippen LogP contribution in [-0.2, 0) is 32.9 Å². The molecule has 1 atom stereocenters. The van der Waals surface area contributed by atoms with Crippen molar-refractivity contribution in [1.29, 1.82) is 0 Å². The summed E-state index contributed by atoms with van der Waals surface area (Å²) in [5.74, 6) is -0.495. The van der Waals surface area contributed by atoms with Gasteiger partial charge in [0.05, 0.1) is 6.04 Å². The monoisotopic (exact) mass is 552 g/mol. The highest BCUT2D eigenvalue weighted by Gasteiger charge is 2.40. The number of carbonyl (C=O) groups is 2. The minimum atomic E-state index is -3.97. The molecule has 1 aromatic heterocycles. The molecule has 8 nitrogen and oxygen atoms in total. The molecule has 1 aliphatic heterocycles. The summed E-state index contributed by atoms with van der Waals surface area (Å²) in [6, 6.07) is 7.84. The lowest BCUT2D eigenvalue weighted by Crippen LogP contribution is -2.38. The highest BCUT2D eigenvalue weighted by Crippen LogP contribution is 2.41. The molecule has 3 aliphatic rings. The second kappa shape index (κ2) is 12.1. The molecule has 2 aliphatic carbocycles. The predicted molar refractivity (Wildman–Crippen MR) is 138 cm³/mol. The van der Waals surface area contributed by atoms with Gasteiger partial charge in [-0.15, -0.1) is 11.3 Å². The predicted octanol–water partition coefficient (Wildman–Crippen LogP) is 4.60. The van der Waals surface area contributed by atoms with Crippen LogP contribution in [0.25, 0.3) is 0 Å². The Labute approximate surface area is 221 Å². The number of esters is 1. The number of nitrogens with zero attached hydrogens (tertiary/aromatic N) is 1. The molecule has 202 valence electrons. The maximum atomic E-state index is 14.4. The standard InChI is InChI=1S/C20H20FNO3S.C6H13NO3S/c1-12(23)25-18-10-14-11-22(9-8-17(14)26-18)19(20(24)13-6-7-13)15-4-2-3-5-16(15)21;8-11(9,10)7-6-4-2-1-3-5-6/h2-5,10,13,19H,6-9,11H2,1H3;6-7H,1-5H2,(H,8,9,10). The van der Waals surface area contributed by atoms with Crippen LogP contribution in [0.5, 0.6) is 5.06 Å². The zero-order chi connectivity index (χ0) is 26.6. The summed E-state index contributed by atoms with van der Waals surface area (Å²) in [6.07, 6.45) is 7.53. The second-order valence-corrected chi connectivity index (χ2v) is 12.1. The fraction of sp³-hybridized carbons (Fsp3) is 0.538. The van der Waals surface area contributed by atoms with E-state index in [-0.39, 0.29) is 29.5 Å². The van der Waals surface area contributed by atoms with Crippen molar-refractivity contribution in [3.05, 3.63) is 52.2 Å². The van der Waals surface area contributed by atoms with Gasteiger partial charge in [0, 0.05) is 42.4 Å². The zero-order valence-corrected chi connectivity index (χ0v) is 22.5. The average molecular weight is 553 g/mol. The van der Waals surface area contributed by atoms with Crippen molar-refractivity contribution in [1.82, 2.24) is 9.62 Å². The average Bonchev–Trinajstić information content (AvgIpc) is 3.60. The van der Waals surface area contributed by atoms with Gasteiger partial charge < -0.3 is 4.74 Å². The van der Waals surface area contributed by atoms with Crippen molar-refractivity contribution < 1.29 is 31.7 Å². The largest absolute Gasteiger partial charge is 0.416 e. The minimum Gasteiger partial charge on any atom is -0.416 e. The molecular weight excluding hydrogens is 519 g/mol. The van der Waals surface area contributed by atoms with Crippen LogP contribution in [0.15, 0.2) is 30.3 Å². The van der Waals surface area contributed by atoms with Gasteiger partial charge in [0.25, 0.3) is 0 Å². The van der Waals surface area contributed by atoms with E-state index in [0.29, 0.717) is 23.7 Å². The summed E-state index contributed by atoms with van der Waals surface area (Å²) < 4.78 is 50.9. The molecular formula is C26H33FN2O6S2. The maximum absolute atomic E-state index is 14.4. The van der Waals surface area contributed by atoms with Gasteiger partial charge in [0.1, 0.15) is 5.82 Å². The van der Waals surface area contributed by atoms with E-state index in [4.69, 9.17) is 9.29 Å². The van der Waals surface area contributed by atoms with Gasteiger partial charge in [-0.3, -0.25) is 19.0 Å². The number of nitrogens with one attached hydrogen (secondary N) is 1. The zero-order valence-electron chi connectivity index (χ0n) is 20.8. The molecule has 11 heteroatoms. The lowest BCUT2D eigenvalue weighted by Gasteiger charge is -2.34. The van der Waals surface area contributed by atoms with E-state index < -0.39 is 16.3 Å². The Hall–Kier alpha value is -2.18. The third kappa shape index (κ3) is 7.90. The Morgan fingerprint density at radius 1 is 1.16 bits per heavy atom. The quantitative estimate of drug-likeness (QED) is 0.381. The number of ketones is 1. The lowest BCUT2D eigenvalue weighted by molar-refractivity contribution is -0.131. The number of fused-ring (bicyclic) bond motifs is 1. The van der Waals surface area contributed by atoms with Crippen LogP contribution in [0.4, 0.5) is 4.39 Å². The van der Waals surface area contributed by atoms with Crippen LogP contribution in [0, 0.1) is 11.7 Å². The van der Waals surface area contributed by atoms with Crippen molar-refractivity contribution in [3.8, 4) is 5.06 Å². The molecule has 1 aromatic carbocycles. The van der Waals surface area contributed by atoms with Crippen LogP contribution in [0.1, 0.15) is 73.9 Å². The van der Waals surface area contributed by atoms with Gasteiger partial charge >= 0.3 is 16.3 Å². The molecule has 2 fully saturated rings. The van der Waals surface area contributed by atoms with E-state index in [1.54, 1.807) is 18.2 Å². The van der Waals surface area contributed by atoms with Crippen LogP contribution in [0.3, 0.4) is 0 Å². The Morgan fingerprint density at radius 2 is 1.86 bits per heavy atom. The number of hydrogen-bond donors (Lipinski definition) is 2. The summed E-state index contributed by atoms with van der Waals surface area (Å²) in [7, 11) is -3.97. The van der Waals surface area contributed by atoms with E-state index >= 15 is 0 Å². The first kappa shape index (κ1) is 27.8. The lowest BCUT2D eigenvalue weighted by atomic mass is 9.95. The summed E-state index contributed by atoms with van der Waals surface area (Å²) in [5.41, 5.74) is 1.52. The second-order valence-electron chi connectivity index (χ2n) is 9.86. The Morgan fingerprint density at radius 3 is 2.49 bits per heavy atom. The Bertz CT molecular complexity index is 1220. The van der Waals surface area contributed by atoms with Crippen molar-refractivity contribution >= 4 is 33.4 Å². The summed E-state index contributed by atoms with van der Waals surface area (Å²) in [5, 5.41) is 0.584. The fourth-order valence-corrected chi connectivity index (χ4v) is 6.70. The van der Waals surface area contributed by atoms with Gasteiger partial charge in [-0.05, 0) is 49.8 Å². The van der Waals surface area contributed by atoms with Gasteiger partial charge in [0.15, 0.2) is 10.8 Å². The van der Waals surface area contributed by atoms with Crippen LogP contribution >= 0.6 is 11.3 Å². The summed E-state index contributed by atoms with van der Waals surface area (Å²) >= 11 is 1.47. The molecule has 37 heavy (non-hydrogen) atoms. The molecule has 0 radical (unpaired) electrons. The number of halogens is 1. The number of benzene rings is 1. The van der Waals surface area contributed by atoms with E-state index in [9.17, 15) is 22.4 Å². The number of rotatable bonds is 7. The fourth-order valence-electron chi connectivity index (χ4n) is 4.99. The smallest absolute Gasteiger partial charge is 0.333 e. The van der Waals surface area contributed by atoms with E-state index in [1.165, 1.54) is 35.6 Å². The summed E-state index contributed by atoms with van der Waals surface area (Å²) in [6.45, 7) is 2.63. The van der Waals surface area contributed by atoms with Crippen LogP contribution in [-0.4, -0.2) is 42.2 Å². The Balaban J connectivity index is 0.000000245. The van der Waals surface area contributed by atoms with Gasteiger partial charge in [-0.25, -0.2) is 4.39 Å². The van der Waals surface area contributed by atoms with Gasteiger partial charge in [-0.1, -0.05) is 37.5 Å². The SMILES string of the molecule is CC(=O)Oc1cc2c(s1)CCN(C(C(=O)C1CC1)c1ccccc1F)C2.O=S(=O)(O)NC1CCCCC1. The summed E-state index contributed by atoms with van der Waals surface area (Å²) in [4.78, 5) is 27.4. The maximum Gasteiger partial charge on any atom is 0.333 e. The third-order valence-corrected chi connectivity index (χ3v) is 8.60. The molecule has 1 unspecified atom stereocenters. The molecule has 5 rings (SSSR count). The minimum absolute atomic E-state index is 0.0428. The molecule has 2 heterocycles. The Kier molecular flexibility index (Phi) is 9.12. The van der Waals surface area contributed by atoms with Crippen molar-refractivity contribution in [3.63, 3.8) is 0 Å². The molecule has 0 spiro atoms. The van der Waals surface area contributed by atoms with Crippen LogP contribution in [0.2, 0.25) is 0 Å². The first-order valence-corrected chi connectivity index (χ1v) is 14.9. The first-order chi connectivity index (χ1) is 17.6. The van der Waals surface area contributed by atoms with E-state index in [1.807, 2.05) is 6.07 Å². The number of carbonyl (C=O) groups excluding carboxylic acids is 2. The van der Waals surface area contributed by atoms with Crippen LogP contribution < -0.4 is 9.46 Å². The third-order valence-electron chi connectivity index (χ3n) is 6.85. The molecule has 0 saturated heterocycles. The van der Waals surface area contributed by atoms with Gasteiger partial charge in [0.2, 0.25) is 0 Å². The number of ether oxygens (including phenoxy) is 1. The van der Waals surface area contributed by atoms with E-state index in [0.717, 1.165) is 50.5 Å². The highest BCUT2D eigenvalue weighted by atomic mass is 32.2. The van der Waals surface area contributed by atoms with Crippen molar-refractivity contribution in [2.45, 2.75) is 76.9 Å². The molecule has 0 amide bonds. The number of thiophene rings is 1.